The number of nitrogens with zero attached hydrogens (tertiary/aromatic N) is 2. The molecule has 0 radical (unpaired) electrons. The smallest absolute Gasteiger partial charge is 0.267 e. The van der Waals surface area contributed by atoms with Gasteiger partial charge in [0.1, 0.15) is 6.04 Å². The molecular weight excluding hydrogens is 444 g/mol. The molecule has 162 valence electrons. The minimum absolute atomic E-state index is 0.0516. The van der Waals surface area contributed by atoms with E-state index in [0.717, 1.165) is 4.31 Å². The molecule has 0 aliphatic carbocycles. The molecule has 8 heteroatoms. The Kier molecular flexibility index (Phi) is 5.06. The molecule has 3 aromatic rings. The molecule has 0 unspecified atom stereocenters. The molecule has 2 heterocycles. The van der Waals surface area contributed by atoms with E-state index >= 15 is 0 Å². The second-order valence-electron chi connectivity index (χ2n) is 7.73. The molecule has 2 aliphatic rings. The van der Waals surface area contributed by atoms with Gasteiger partial charge in [-0.15, -0.1) is 11.8 Å². The van der Waals surface area contributed by atoms with E-state index in [4.69, 9.17) is 0 Å². The zero-order valence-corrected chi connectivity index (χ0v) is 18.6. The molecule has 2 aliphatic heterocycles. The third kappa shape index (κ3) is 2.97. The Morgan fingerprint density at radius 3 is 2.06 bits per heavy atom. The number of β-lactam (4-membered cyclic amide) rings is 1. The lowest BCUT2D eigenvalue weighted by atomic mass is 9.77. The summed E-state index contributed by atoms with van der Waals surface area (Å²) in [6.45, 7) is 0. The van der Waals surface area contributed by atoms with E-state index in [1.54, 1.807) is 59.5 Å². The first-order valence-electron chi connectivity index (χ1n) is 10.1. The molecule has 0 bridgehead atoms. The third-order valence-electron chi connectivity index (χ3n) is 5.96. The molecule has 3 aromatic carbocycles. The van der Waals surface area contributed by atoms with Gasteiger partial charge in [0.2, 0.25) is 0 Å². The number of hydrogen-bond acceptors (Lipinski definition) is 5. The van der Waals surface area contributed by atoms with E-state index in [1.807, 2.05) is 24.3 Å². The monoisotopic (exact) mass is 464 g/mol. The maximum atomic E-state index is 13.7. The summed E-state index contributed by atoms with van der Waals surface area (Å²) in [5, 5.41) is 0. The normalized spacial score (nSPS) is 22.8. The van der Waals surface area contributed by atoms with Crippen molar-refractivity contribution in [3.8, 4) is 0 Å². The summed E-state index contributed by atoms with van der Waals surface area (Å²) in [7, 11) is -4.09. The van der Waals surface area contributed by atoms with Crippen LogP contribution >= 0.6 is 11.8 Å². The fourth-order valence-corrected chi connectivity index (χ4v) is 7.47. The van der Waals surface area contributed by atoms with Crippen molar-refractivity contribution in [3.63, 3.8) is 0 Å². The van der Waals surface area contributed by atoms with Gasteiger partial charge >= 0.3 is 0 Å². The number of benzene rings is 3. The Morgan fingerprint density at radius 1 is 0.875 bits per heavy atom. The van der Waals surface area contributed by atoms with Gasteiger partial charge < -0.3 is 4.90 Å². The lowest BCUT2D eigenvalue weighted by Crippen LogP contribution is -2.76. The maximum Gasteiger partial charge on any atom is 0.267 e. The molecular formula is C24H20N2O4S2. The first kappa shape index (κ1) is 20.8. The Morgan fingerprint density at radius 2 is 1.44 bits per heavy atom. The summed E-state index contributed by atoms with van der Waals surface area (Å²) in [5.41, 5.74) is -0.0980. The van der Waals surface area contributed by atoms with E-state index in [0.29, 0.717) is 22.8 Å². The molecule has 2 amide bonds. The van der Waals surface area contributed by atoms with Crippen LogP contribution in [0, 0.1) is 0 Å². The van der Waals surface area contributed by atoms with E-state index in [2.05, 4.69) is 0 Å². The van der Waals surface area contributed by atoms with Crippen molar-refractivity contribution in [2.45, 2.75) is 16.5 Å². The highest BCUT2D eigenvalue weighted by Gasteiger charge is 2.70. The lowest BCUT2D eigenvalue weighted by molar-refractivity contribution is -0.157. The van der Waals surface area contributed by atoms with Crippen LogP contribution in [0.4, 0.5) is 0 Å². The van der Waals surface area contributed by atoms with Gasteiger partial charge in [0.15, 0.2) is 5.54 Å². The van der Waals surface area contributed by atoms with Crippen molar-refractivity contribution >= 4 is 33.6 Å². The summed E-state index contributed by atoms with van der Waals surface area (Å²) in [6.07, 6.45) is 0. The summed E-state index contributed by atoms with van der Waals surface area (Å²) in [4.78, 5) is 28.7. The van der Waals surface area contributed by atoms with Crippen molar-refractivity contribution in [2.24, 2.45) is 0 Å². The molecule has 0 saturated carbocycles. The highest BCUT2D eigenvalue weighted by molar-refractivity contribution is 7.99. The van der Waals surface area contributed by atoms with Crippen LogP contribution in [-0.2, 0) is 14.8 Å². The molecule has 2 atom stereocenters. The van der Waals surface area contributed by atoms with E-state index < -0.39 is 27.5 Å². The molecule has 6 nitrogen and oxygen atoms in total. The topological polar surface area (TPSA) is 74.8 Å². The molecule has 1 spiro atoms. The van der Waals surface area contributed by atoms with Crippen LogP contribution in [0.1, 0.15) is 22.0 Å². The van der Waals surface area contributed by atoms with E-state index in [1.165, 1.54) is 23.9 Å². The summed E-state index contributed by atoms with van der Waals surface area (Å²) < 4.78 is 27.9. The number of amides is 2. The molecule has 0 N–H and O–H groups in total. The Bertz CT molecular complexity index is 1270. The highest BCUT2D eigenvalue weighted by atomic mass is 32.2. The predicted molar refractivity (Wildman–Crippen MR) is 122 cm³/mol. The van der Waals surface area contributed by atoms with Crippen LogP contribution in [0.3, 0.4) is 0 Å². The second kappa shape index (κ2) is 7.79. The van der Waals surface area contributed by atoms with E-state index in [9.17, 15) is 18.0 Å². The van der Waals surface area contributed by atoms with Gasteiger partial charge in [0, 0.05) is 11.3 Å². The van der Waals surface area contributed by atoms with Crippen molar-refractivity contribution < 1.29 is 18.0 Å². The summed E-state index contributed by atoms with van der Waals surface area (Å²) in [5.74, 6) is -0.182. The number of rotatable bonds is 4. The van der Waals surface area contributed by atoms with Gasteiger partial charge in [0.05, 0.1) is 10.8 Å². The number of carbonyl (C=O) groups is 2. The average Bonchev–Trinajstić information content (AvgIpc) is 3.31. The minimum atomic E-state index is -4.09. The summed E-state index contributed by atoms with van der Waals surface area (Å²) >= 11 is 1.46. The van der Waals surface area contributed by atoms with Crippen LogP contribution in [0.25, 0.3) is 0 Å². The average molecular weight is 465 g/mol. The number of thioether (sulfide) groups is 1. The summed E-state index contributed by atoms with van der Waals surface area (Å²) in [6, 6.07) is 25.0. The number of hydrogen-bond donors (Lipinski definition) is 0. The van der Waals surface area contributed by atoms with Crippen molar-refractivity contribution in [3.05, 3.63) is 102 Å². The molecule has 0 aromatic heterocycles. The minimum Gasteiger partial charge on any atom is -0.311 e. The Balaban J connectivity index is 1.63. The predicted octanol–water partition coefficient (Wildman–Crippen LogP) is 3.54. The van der Waals surface area contributed by atoms with Gasteiger partial charge in [-0.25, -0.2) is 12.7 Å². The third-order valence-corrected chi connectivity index (χ3v) is 8.81. The van der Waals surface area contributed by atoms with Crippen LogP contribution < -0.4 is 0 Å². The van der Waals surface area contributed by atoms with Gasteiger partial charge in [0.25, 0.3) is 21.8 Å². The molecule has 2 saturated heterocycles. The first-order chi connectivity index (χ1) is 15.5. The van der Waals surface area contributed by atoms with Gasteiger partial charge in [-0.3, -0.25) is 9.59 Å². The standard InChI is InChI=1S/C24H20N2O4S2/c27-22(19-12-6-2-7-13-19)25-17-31-16-24(25)21(18-10-4-1-5-11-18)26(23(24)28)32(29,30)20-14-8-3-9-15-20/h1-15,21H,16-17H2/t21-,24+/m0/s1. The zero-order valence-electron chi connectivity index (χ0n) is 17.0. The Hall–Kier alpha value is -3.10. The Labute approximate surface area is 190 Å². The van der Waals surface area contributed by atoms with Crippen LogP contribution in [0.15, 0.2) is 95.9 Å². The van der Waals surface area contributed by atoms with Crippen LogP contribution in [-0.4, -0.2) is 46.6 Å². The van der Waals surface area contributed by atoms with Crippen molar-refractivity contribution in [2.75, 3.05) is 11.6 Å². The quantitative estimate of drug-likeness (QED) is 0.552. The maximum absolute atomic E-state index is 13.7. The van der Waals surface area contributed by atoms with E-state index in [-0.39, 0.29) is 10.8 Å². The highest BCUT2D eigenvalue weighted by Crippen LogP contribution is 2.54. The van der Waals surface area contributed by atoms with Gasteiger partial charge in [-0.2, -0.15) is 0 Å². The second-order valence-corrected chi connectivity index (χ2v) is 10.5. The van der Waals surface area contributed by atoms with Crippen molar-refractivity contribution in [1.82, 2.24) is 9.21 Å². The zero-order chi connectivity index (χ0) is 22.3. The number of carbonyl (C=O) groups excluding carboxylic acids is 2. The largest absolute Gasteiger partial charge is 0.311 e. The van der Waals surface area contributed by atoms with Crippen molar-refractivity contribution in [1.29, 1.82) is 0 Å². The number of sulfonamides is 1. The van der Waals surface area contributed by atoms with Crippen LogP contribution in [0.5, 0.6) is 0 Å². The SMILES string of the molecule is O=C(c1ccccc1)N1CSC[C@@]12C(=O)N(S(=O)(=O)c1ccccc1)[C@H]2c1ccccc1. The molecule has 2 fully saturated rings. The molecule has 5 rings (SSSR count). The van der Waals surface area contributed by atoms with Gasteiger partial charge in [-0.05, 0) is 29.8 Å². The fraction of sp³-hybridized carbons (Fsp3) is 0.167. The van der Waals surface area contributed by atoms with Crippen LogP contribution in [0.2, 0.25) is 0 Å². The lowest BCUT2D eigenvalue weighted by Gasteiger charge is -2.56. The van der Waals surface area contributed by atoms with Gasteiger partial charge in [-0.1, -0.05) is 66.7 Å². The fourth-order valence-electron chi connectivity index (χ4n) is 4.42. The first-order valence-corrected chi connectivity index (χ1v) is 12.7. The molecule has 32 heavy (non-hydrogen) atoms.